The molecule has 3 nitrogen and oxygen atoms in total. The van der Waals surface area contributed by atoms with E-state index in [-0.39, 0.29) is 6.10 Å². The van der Waals surface area contributed by atoms with Gasteiger partial charge in [0, 0.05) is 12.6 Å². The summed E-state index contributed by atoms with van der Waals surface area (Å²) in [4.78, 5) is 0. The van der Waals surface area contributed by atoms with Crippen LogP contribution in [0.5, 0.6) is 0 Å². The summed E-state index contributed by atoms with van der Waals surface area (Å²) in [7, 11) is 0. The maximum absolute atomic E-state index is 9.90. The molecule has 108 valence electrons. The number of aliphatic hydroxyl groups is 1. The molecule has 0 aromatic carbocycles. The first-order valence-electron chi connectivity index (χ1n) is 7.70. The molecule has 0 amide bonds. The Morgan fingerprint density at radius 2 is 1.83 bits per heavy atom. The maximum atomic E-state index is 9.90. The summed E-state index contributed by atoms with van der Waals surface area (Å²) >= 11 is 0. The first-order chi connectivity index (χ1) is 8.67. The Labute approximate surface area is 112 Å². The van der Waals surface area contributed by atoms with Crippen LogP contribution in [0.15, 0.2) is 0 Å². The second kappa shape index (κ2) is 8.89. The van der Waals surface area contributed by atoms with E-state index >= 15 is 0 Å². The standard InChI is InChI=1S/C15H31NO2/c1-4-13(5-2)12(3)16-10-14(17)11-18-15-8-6-7-9-15/h12-17H,4-11H2,1-3H3. The SMILES string of the molecule is CCC(CC)C(C)NCC(O)COC1CCCC1. The van der Waals surface area contributed by atoms with Crippen LogP contribution in [0.2, 0.25) is 0 Å². The van der Waals surface area contributed by atoms with Crippen molar-refractivity contribution in [3.8, 4) is 0 Å². The van der Waals surface area contributed by atoms with Gasteiger partial charge in [-0.1, -0.05) is 39.5 Å². The van der Waals surface area contributed by atoms with E-state index in [0.29, 0.717) is 31.2 Å². The van der Waals surface area contributed by atoms with Crippen LogP contribution in [0.25, 0.3) is 0 Å². The van der Waals surface area contributed by atoms with Crippen LogP contribution in [0.1, 0.15) is 59.3 Å². The highest BCUT2D eigenvalue weighted by Crippen LogP contribution is 2.20. The van der Waals surface area contributed by atoms with Gasteiger partial charge in [-0.25, -0.2) is 0 Å². The molecule has 2 unspecified atom stereocenters. The van der Waals surface area contributed by atoms with Gasteiger partial charge in [0.15, 0.2) is 0 Å². The third kappa shape index (κ3) is 5.68. The summed E-state index contributed by atoms with van der Waals surface area (Å²) in [5, 5.41) is 13.3. The molecule has 1 saturated carbocycles. The molecule has 1 aliphatic carbocycles. The van der Waals surface area contributed by atoms with Crippen molar-refractivity contribution in [3.05, 3.63) is 0 Å². The molecule has 18 heavy (non-hydrogen) atoms. The minimum Gasteiger partial charge on any atom is -0.389 e. The van der Waals surface area contributed by atoms with Crippen molar-refractivity contribution in [3.63, 3.8) is 0 Å². The van der Waals surface area contributed by atoms with Crippen molar-refractivity contribution in [1.82, 2.24) is 5.32 Å². The van der Waals surface area contributed by atoms with Crippen molar-refractivity contribution >= 4 is 0 Å². The Morgan fingerprint density at radius 1 is 1.22 bits per heavy atom. The zero-order valence-corrected chi connectivity index (χ0v) is 12.3. The van der Waals surface area contributed by atoms with Gasteiger partial charge >= 0.3 is 0 Å². The summed E-state index contributed by atoms with van der Waals surface area (Å²) in [6.07, 6.45) is 7.32. The summed E-state index contributed by atoms with van der Waals surface area (Å²) < 4.78 is 5.72. The second-order valence-corrected chi connectivity index (χ2v) is 5.67. The summed E-state index contributed by atoms with van der Waals surface area (Å²) in [6, 6.07) is 0.473. The highest BCUT2D eigenvalue weighted by atomic mass is 16.5. The molecule has 2 N–H and O–H groups in total. The predicted octanol–water partition coefficient (Wildman–Crippen LogP) is 2.72. The Hall–Kier alpha value is -0.120. The van der Waals surface area contributed by atoms with E-state index in [1.54, 1.807) is 0 Å². The number of aliphatic hydroxyl groups excluding tert-OH is 1. The molecule has 0 spiro atoms. The van der Waals surface area contributed by atoms with E-state index in [9.17, 15) is 5.11 Å². The lowest BCUT2D eigenvalue weighted by Gasteiger charge is -2.24. The lowest BCUT2D eigenvalue weighted by Crippen LogP contribution is -2.40. The van der Waals surface area contributed by atoms with Crippen molar-refractivity contribution < 1.29 is 9.84 Å². The monoisotopic (exact) mass is 257 g/mol. The van der Waals surface area contributed by atoms with E-state index < -0.39 is 0 Å². The molecule has 0 bridgehead atoms. The van der Waals surface area contributed by atoms with Crippen LogP contribution in [0.3, 0.4) is 0 Å². The van der Waals surface area contributed by atoms with Crippen LogP contribution in [-0.2, 0) is 4.74 Å². The molecule has 1 aliphatic rings. The molecule has 0 radical (unpaired) electrons. The number of hydrogen-bond donors (Lipinski definition) is 2. The normalized spacial score (nSPS) is 20.5. The Bertz CT molecular complexity index is 201. The first kappa shape index (κ1) is 15.9. The van der Waals surface area contributed by atoms with E-state index in [2.05, 4.69) is 26.1 Å². The molecular weight excluding hydrogens is 226 g/mol. The number of rotatable bonds is 9. The largest absolute Gasteiger partial charge is 0.389 e. The zero-order chi connectivity index (χ0) is 13.4. The molecule has 0 aromatic heterocycles. The van der Waals surface area contributed by atoms with E-state index in [0.717, 1.165) is 0 Å². The van der Waals surface area contributed by atoms with E-state index in [1.165, 1.54) is 38.5 Å². The minimum atomic E-state index is -0.373. The van der Waals surface area contributed by atoms with Crippen molar-refractivity contribution in [2.45, 2.75) is 77.5 Å². The Kier molecular flexibility index (Phi) is 7.87. The average Bonchev–Trinajstić information content (AvgIpc) is 2.88. The molecule has 1 fully saturated rings. The van der Waals surface area contributed by atoms with Gasteiger partial charge in [-0.2, -0.15) is 0 Å². The molecule has 0 aliphatic heterocycles. The smallest absolute Gasteiger partial charge is 0.0897 e. The van der Waals surface area contributed by atoms with Crippen LogP contribution in [0.4, 0.5) is 0 Å². The van der Waals surface area contributed by atoms with Gasteiger partial charge in [-0.3, -0.25) is 0 Å². The van der Waals surface area contributed by atoms with Crippen LogP contribution < -0.4 is 5.32 Å². The fraction of sp³-hybridized carbons (Fsp3) is 1.00. The predicted molar refractivity (Wildman–Crippen MR) is 75.8 cm³/mol. The van der Waals surface area contributed by atoms with Crippen molar-refractivity contribution in [2.75, 3.05) is 13.2 Å². The van der Waals surface area contributed by atoms with Crippen LogP contribution in [0, 0.1) is 5.92 Å². The van der Waals surface area contributed by atoms with Gasteiger partial charge in [0.05, 0.1) is 18.8 Å². The minimum absolute atomic E-state index is 0.373. The van der Waals surface area contributed by atoms with Gasteiger partial charge in [0.25, 0.3) is 0 Å². The molecule has 0 saturated heterocycles. The molecule has 0 aromatic rings. The quantitative estimate of drug-likeness (QED) is 0.667. The summed E-state index contributed by atoms with van der Waals surface area (Å²) in [5.74, 6) is 0.702. The van der Waals surface area contributed by atoms with Crippen molar-refractivity contribution in [2.24, 2.45) is 5.92 Å². The molecule has 2 atom stereocenters. The van der Waals surface area contributed by atoms with E-state index in [1.807, 2.05) is 0 Å². The average molecular weight is 257 g/mol. The second-order valence-electron chi connectivity index (χ2n) is 5.67. The molecule has 0 heterocycles. The lowest BCUT2D eigenvalue weighted by molar-refractivity contribution is -0.00666. The zero-order valence-electron chi connectivity index (χ0n) is 12.3. The lowest BCUT2D eigenvalue weighted by atomic mass is 9.95. The fourth-order valence-corrected chi connectivity index (χ4v) is 2.85. The number of hydrogen-bond acceptors (Lipinski definition) is 3. The molecular formula is C15H31NO2. The third-order valence-corrected chi connectivity index (χ3v) is 4.26. The van der Waals surface area contributed by atoms with Gasteiger partial charge in [0.2, 0.25) is 0 Å². The van der Waals surface area contributed by atoms with Gasteiger partial charge in [-0.15, -0.1) is 0 Å². The van der Waals surface area contributed by atoms with E-state index in [4.69, 9.17) is 4.74 Å². The maximum Gasteiger partial charge on any atom is 0.0897 e. The van der Waals surface area contributed by atoms with Gasteiger partial charge < -0.3 is 15.2 Å². The first-order valence-corrected chi connectivity index (χ1v) is 7.70. The Balaban J connectivity index is 2.09. The van der Waals surface area contributed by atoms with Crippen LogP contribution >= 0.6 is 0 Å². The fourth-order valence-electron chi connectivity index (χ4n) is 2.85. The molecule has 3 heteroatoms. The topological polar surface area (TPSA) is 41.5 Å². The highest BCUT2D eigenvalue weighted by Gasteiger charge is 2.18. The number of ether oxygens (including phenoxy) is 1. The van der Waals surface area contributed by atoms with Crippen molar-refractivity contribution in [1.29, 1.82) is 0 Å². The highest BCUT2D eigenvalue weighted by molar-refractivity contribution is 4.73. The number of nitrogens with one attached hydrogen (secondary N) is 1. The third-order valence-electron chi connectivity index (χ3n) is 4.26. The van der Waals surface area contributed by atoms with Gasteiger partial charge in [-0.05, 0) is 25.7 Å². The summed E-state index contributed by atoms with van der Waals surface area (Å²) in [6.45, 7) is 7.79. The summed E-state index contributed by atoms with van der Waals surface area (Å²) in [5.41, 5.74) is 0. The van der Waals surface area contributed by atoms with Gasteiger partial charge in [0.1, 0.15) is 0 Å². The Morgan fingerprint density at radius 3 is 2.39 bits per heavy atom. The van der Waals surface area contributed by atoms with Crippen LogP contribution in [-0.4, -0.2) is 36.5 Å². The molecule has 1 rings (SSSR count).